The number of nitrogens with zero attached hydrogens (tertiary/aromatic N) is 2. The van der Waals surface area contributed by atoms with Crippen LogP contribution >= 0.6 is 0 Å². The summed E-state index contributed by atoms with van der Waals surface area (Å²) in [7, 11) is -0.505. The minimum absolute atomic E-state index is 0.289. The largest absolute Gasteiger partial charge is 0.487 e. The fraction of sp³-hybridized carbons (Fsp3) is 0.400. The van der Waals surface area contributed by atoms with Crippen molar-refractivity contribution < 1.29 is 13.2 Å². The molecule has 6 nitrogen and oxygen atoms in total. The lowest BCUT2D eigenvalue weighted by Gasteiger charge is -2.32. The van der Waals surface area contributed by atoms with E-state index in [1.165, 1.54) is 22.7 Å². The van der Waals surface area contributed by atoms with E-state index < -0.39 is 10.2 Å². The number of hydrogen-bond donors (Lipinski definition) is 1. The second-order valence-electron chi connectivity index (χ2n) is 3.91. The van der Waals surface area contributed by atoms with E-state index in [1.54, 1.807) is 18.2 Å². The molecule has 0 amide bonds. The molecule has 0 aliphatic carbocycles. The van der Waals surface area contributed by atoms with Crippen molar-refractivity contribution in [3.05, 3.63) is 18.2 Å². The Balaban J connectivity index is 2.53. The van der Waals surface area contributed by atoms with Crippen LogP contribution < -0.4 is 14.8 Å². The van der Waals surface area contributed by atoms with E-state index in [2.05, 4.69) is 0 Å². The lowest BCUT2D eigenvalue weighted by atomic mass is 10.2. The Kier molecular flexibility index (Phi) is 2.88. The number of hydrogen-bond acceptors (Lipinski definition) is 4. The number of anilines is 2. The van der Waals surface area contributed by atoms with Gasteiger partial charge >= 0.3 is 10.2 Å². The van der Waals surface area contributed by atoms with Gasteiger partial charge in [0.2, 0.25) is 0 Å². The van der Waals surface area contributed by atoms with Crippen molar-refractivity contribution in [1.82, 2.24) is 4.31 Å². The highest BCUT2D eigenvalue weighted by atomic mass is 32.2. The van der Waals surface area contributed by atoms with Crippen LogP contribution in [-0.4, -0.2) is 40.0 Å². The zero-order valence-corrected chi connectivity index (χ0v) is 10.6. The van der Waals surface area contributed by atoms with Crippen LogP contribution in [0, 0.1) is 0 Å². The van der Waals surface area contributed by atoms with Gasteiger partial charge in [0.15, 0.2) is 5.75 Å². The van der Waals surface area contributed by atoms with Gasteiger partial charge in [0, 0.05) is 14.1 Å². The van der Waals surface area contributed by atoms with Crippen molar-refractivity contribution in [1.29, 1.82) is 0 Å². The molecule has 0 spiro atoms. The van der Waals surface area contributed by atoms with E-state index in [1.807, 2.05) is 0 Å². The highest BCUT2D eigenvalue weighted by Crippen LogP contribution is 2.38. The Morgan fingerprint density at radius 1 is 1.41 bits per heavy atom. The molecule has 1 heterocycles. The van der Waals surface area contributed by atoms with Crippen LogP contribution in [0.15, 0.2) is 18.2 Å². The maximum absolute atomic E-state index is 12.1. The molecule has 1 aliphatic rings. The first-order valence-electron chi connectivity index (χ1n) is 5.16. The quantitative estimate of drug-likeness (QED) is 0.772. The van der Waals surface area contributed by atoms with Gasteiger partial charge in [0.1, 0.15) is 6.61 Å². The zero-order valence-electron chi connectivity index (χ0n) is 9.75. The molecule has 2 rings (SSSR count). The van der Waals surface area contributed by atoms with Crippen molar-refractivity contribution in [2.24, 2.45) is 0 Å². The Hall–Kier alpha value is -1.47. The highest BCUT2D eigenvalue weighted by Gasteiger charge is 2.30. The molecule has 1 aromatic rings. The Bertz CT molecular complexity index is 528. The van der Waals surface area contributed by atoms with Gasteiger partial charge < -0.3 is 10.5 Å². The fourth-order valence-corrected chi connectivity index (χ4v) is 2.78. The van der Waals surface area contributed by atoms with Gasteiger partial charge in [0.05, 0.1) is 17.9 Å². The molecular weight excluding hydrogens is 242 g/mol. The number of nitrogens with two attached hydrogens (primary N) is 1. The average molecular weight is 257 g/mol. The summed E-state index contributed by atoms with van der Waals surface area (Å²) in [5.41, 5.74) is 6.70. The van der Waals surface area contributed by atoms with Gasteiger partial charge in [-0.15, -0.1) is 0 Å². The van der Waals surface area contributed by atoms with Crippen molar-refractivity contribution in [3.63, 3.8) is 0 Å². The standard InChI is InChI=1S/C10H15N3O3S/c1-12(2)17(14,15)13-6-7-16-10-8(11)4-3-5-9(10)13/h3-5H,6-7,11H2,1-2H3. The third-order valence-corrected chi connectivity index (χ3v) is 4.43. The number of benzene rings is 1. The summed E-state index contributed by atoms with van der Waals surface area (Å²) >= 11 is 0. The topological polar surface area (TPSA) is 75.9 Å². The van der Waals surface area contributed by atoms with E-state index in [9.17, 15) is 8.42 Å². The van der Waals surface area contributed by atoms with Gasteiger partial charge in [-0.1, -0.05) is 6.07 Å². The molecule has 0 radical (unpaired) electrons. The Morgan fingerprint density at radius 3 is 2.76 bits per heavy atom. The number of rotatable bonds is 2. The minimum Gasteiger partial charge on any atom is -0.487 e. The first-order chi connectivity index (χ1) is 7.94. The smallest absolute Gasteiger partial charge is 0.303 e. The molecule has 0 saturated heterocycles. The van der Waals surface area contributed by atoms with E-state index in [-0.39, 0.29) is 6.54 Å². The third kappa shape index (κ3) is 1.91. The number of nitrogen functional groups attached to an aromatic ring is 1. The van der Waals surface area contributed by atoms with Crippen LogP contribution in [0.2, 0.25) is 0 Å². The van der Waals surface area contributed by atoms with Crippen molar-refractivity contribution in [3.8, 4) is 5.75 Å². The molecule has 1 aromatic carbocycles. The van der Waals surface area contributed by atoms with Gasteiger partial charge in [-0.05, 0) is 12.1 Å². The summed E-state index contributed by atoms with van der Waals surface area (Å²) in [4.78, 5) is 0. The van der Waals surface area contributed by atoms with Crippen LogP contribution in [0.25, 0.3) is 0 Å². The van der Waals surface area contributed by atoms with E-state index in [4.69, 9.17) is 10.5 Å². The first kappa shape index (κ1) is 12.0. The Labute approximate surface area is 101 Å². The molecule has 17 heavy (non-hydrogen) atoms. The van der Waals surface area contributed by atoms with Gasteiger partial charge in [-0.2, -0.15) is 12.7 Å². The molecule has 0 fully saturated rings. The second-order valence-corrected chi connectivity index (χ2v) is 5.97. The van der Waals surface area contributed by atoms with Crippen LogP contribution in [0.4, 0.5) is 11.4 Å². The normalized spacial score (nSPS) is 15.6. The number of ether oxygens (including phenoxy) is 1. The van der Waals surface area contributed by atoms with Crippen LogP contribution in [0.3, 0.4) is 0 Å². The molecule has 0 atom stereocenters. The predicted octanol–water partition coefficient (Wildman–Crippen LogP) is 0.274. The van der Waals surface area contributed by atoms with Crippen molar-refractivity contribution in [2.45, 2.75) is 0 Å². The number of para-hydroxylation sites is 1. The minimum atomic E-state index is -3.50. The molecule has 0 saturated carbocycles. The van der Waals surface area contributed by atoms with Crippen LogP contribution in [-0.2, 0) is 10.2 Å². The third-order valence-electron chi connectivity index (χ3n) is 2.57. The summed E-state index contributed by atoms with van der Waals surface area (Å²) in [6.45, 7) is 0.589. The fourth-order valence-electron chi connectivity index (χ4n) is 1.68. The summed E-state index contributed by atoms with van der Waals surface area (Å²) in [5, 5.41) is 0. The maximum atomic E-state index is 12.1. The van der Waals surface area contributed by atoms with E-state index >= 15 is 0 Å². The molecular formula is C10H15N3O3S. The second kappa shape index (κ2) is 4.08. The summed E-state index contributed by atoms with van der Waals surface area (Å²) in [5.74, 6) is 0.434. The molecule has 1 aliphatic heterocycles. The van der Waals surface area contributed by atoms with Crippen molar-refractivity contribution >= 4 is 21.6 Å². The van der Waals surface area contributed by atoms with E-state index in [0.717, 1.165) is 0 Å². The van der Waals surface area contributed by atoms with Crippen LogP contribution in [0.1, 0.15) is 0 Å². The van der Waals surface area contributed by atoms with Gasteiger partial charge in [-0.25, -0.2) is 0 Å². The van der Waals surface area contributed by atoms with E-state index in [0.29, 0.717) is 23.7 Å². The van der Waals surface area contributed by atoms with Crippen molar-refractivity contribution in [2.75, 3.05) is 37.3 Å². The van der Waals surface area contributed by atoms with Gasteiger partial charge in [0.25, 0.3) is 0 Å². The summed E-state index contributed by atoms with van der Waals surface area (Å²) in [6, 6.07) is 5.08. The maximum Gasteiger partial charge on any atom is 0.303 e. The molecule has 0 unspecified atom stereocenters. The molecule has 0 bridgehead atoms. The number of fused-ring (bicyclic) bond motifs is 1. The predicted molar refractivity (Wildman–Crippen MR) is 66.3 cm³/mol. The first-order valence-corrected chi connectivity index (χ1v) is 6.56. The monoisotopic (exact) mass is 257 g/mol. The van der Waals surface area contributed by atoms with Crippen LogP contribution in [0.5, 0.6) is 5.75 Å². The lowest BCUT2D eigenvalue weighted by molar-refractivity contribution is 0.316. The molecule has 94 valence electrons. The average Bonchev–Trinajstić information content (AvgIpc) is 2.28. The summed E-state index contributed by atoms with van der Waals surface area (Å²) in [6.07, 6.45) is 0. The zero-order chi connectivity index (χ0) is 12.6. The molecule has 0 aromatic heterocycles. The van der Waals surface area contributed by atoms with Gasteiger partial charge in [-0.3, -0.25) is 4.31 Å². The molecule has 2 N–H and O–H groups in total. The molecule has 7 heteroatoms. The Morgan fingerprint density at radius 2 is 2.12 bits per heavy atom. The SMILES string of the molecule is CN(C)S(=O)(=O)N1CCOc2c(N)cccc21. The summed E-state index contributed by atoms with van der Waals surface area (Å²) < 4.78 is 32.1. The lowest BCUT2D eigenvalue weighted by Crippen LogP contribution is -2.44. The highest BCUT2D eigenvalue weighted by molar-refractivity contribution is 7.90.